The Bertz CT molecular complexity index is 275. The number of rotatable bonds is 0. The molecule has 3 rings (SSSR count). The average molecular weight is 176 g/mol. The van der Waals surface area contributed by atoms with Gasteiger partial charge in [0, 0.05) is 6.42 Å². The van der Waals surface area contributed by atoms with Crippen molar-refractivity contribution in [3.8, 4) is 0 Å². The van der Waals surface area contributed by atoms with Crippen molar-refractivity contribution in [2.24, 2.45) is 17.3 Å². The highest BCUT2D eigenvalue weighted by atomic mass is 16.1. The van der Waals surface area contributed by atoms with Crippen LogP contribution in [0.2, 0.25) is 0 Å². The molecule has 2 fully saturated rings. The van der Waals surface area contributed by atoms with Crippen LogP contribution in [0.15, 0.2) is 12.2 Å². The molecule has 0 aliphatic heterocycles. The van der Waals surface area contributed by atoms with Gasteiger partial charge in [0.1, 0.15) is 0 Å². The van der Waals surface area contributed by atoms with Gasteiger partial charge < -0.3 is 0 Å². The number of carbonyl (C=O) groups excluding carboxylic acids is 1. The van der Waals surface area contributed by atoms with E-state index >= 15 is 0 Å². The maximum atomic E-state index is 11.3. The van der Waals surface area contributed by atoms with Crippen LogP contribution in [0.5, 0.6) is 0 Å². The smallest absolute Gasteiger partial charge is 0.155 e. The third-order valence-corrected chi connectivity index (χ3v) is 4.53. The molecule has 2 saturated carbocycles. The predicted molar refractivity (Wildman–Crippen MR) is 51.3 cm³/mol. The van der Waals surface area contributed by atoms with Crippen LogP contribution in [-0.2, 0) is 4.79 Å². The molecule has 13 heavy (non-hydrogen) atoms. The van der Waals surface area contributed by atoms with Gasteiger partial charge in [0.15, 0.2) is 5.78 Å². The minimum Gasteiger partial charge on any atom is -0.295 e. The Kier molecular flexibility index (Phi) is 1.47. The first kappa shape index (κ1) is 7.78. The van der Waals surface area contributed by atoms with Crippen LogP contribution < -0.4 is 0 Å². The number of hydrogen-bond donors (Lipinski definition) is 0. The fraction of sp³-hybridized carbons (Fsp3) is 0.750. The molecule has 1 nitrogen and oxygen atoms in total. The molecule has 0 aromatic carbocycles. The summed E-state index contributed by atoms with van der Waals surface area (Å²) in [5.41, 5.74) is 0.469. The maximum Gasteiger partial charge on any atom is 0.155 e. The zero-order valence-corrected chi connectivity index (χ0v) is 7.96. The second-order valence-electron chi connectivity index (χ2n) is 5.03. The Hall–Kier alpha value is -0.590. The number of carbonyl (C=O) groups is 1. The fourth-order valence-corrected chi connectivity index (χ4v) is 3.86. The Morgan fingerprint density at radius 2 is 2.23 bits per heavy atom. The third-order valence-electron chi connectivity index (χ3n) is 4.53. The topological polar surface area (TPSA) is 17.1 Å². The molecular weight excluding hydrogens is 160 g/mol. The van der Waals surface area contributed by atoms with Gasteiger partial charge in [0.2, 0.25) is 0 Å². The molecule has 3 aliphatic carbocycles. The number of hydrogen-bond acceptors (Lipinski definition) is 1. The van der Waals surface area contributed by atoms with Crippen LogP contribution >= 0.6 is 0 Å². The molecule has 3 unspecified atom stereocenters. The number of ketones is 1. The molecule has 0 spiro atoms. The quantitative estimate of drug-likeness (QED) is 0.554. The highest BCUT2D eigenvalue weighted by Crippen LogP contribution is 2.59. The van der Waals surface area contributed by atoms with Crippen LogP contribution in [-0.4, -0.2) is 5.78 Å². The van der Waals surface area contributed by atoms with Crippen molar-refractivity contribution in [2.45, 2.75) is 38.5 Å². The van der Waals surface area contributed by atoms with Crippen molar-refractivity contribution in [3.05, 3.63) is 12.2 Å². The van der Waals surface area contributed by atoms with Crippen LogP contribution in [0.4, 0.5) is 0 Å². The highest BCUT2D eigenvalue weighted by molar-refractivity contribution is 5.91. The van der Waals surface area contributed by atoms with E-state index in [1.54, 1.807) is 0 Å². The van der Waals surface area contributed by atoms with E-state index < -0.39 is 0 Å². The van der Waals surface area contributed by atoms with Crippen molar-refractivity contribution < 1.29 is 4.79 Å². The van der Waals surface area contributed by atoms with Gasteiger partial charge in [-0.15, -0.1) is 0 Å². The zero-order chi connectivity index (χ0) is 8.89. The van der Waals surface area contributed by atoms with Gasteiger partial charge >= 0.3 is 0 Å². The van der Waals surface area contributed by atoms with Crippen molar-refractivity contribution >= 4 is 5.78 Å². The fourth-order valence-electron chi connectivity index (χ4n) is 3.86. The summed E-state index contributed by atoms with van der Waals surface area (Å²) in [6.45, 7) is 0. The van der Waals surface area contributed by atoms with E-state index in [-0.39, 0.29) is 0 Å². The summed E-state index contributed by atoms with van der Waals surface area (Å²) in [4.78, 5) is 11.3. The molecule has 0 heterocycles. The lowest BCUT2D eigenvalue weighted by atomic mass is 9.63. The standard InChI is InChI=1S/C12H16O/c13-10-4-7-12-5-1-2-9(3-6-12)11(12)8-10/h4,7,9,11H,1-3,5-6,8H2. The van der Waals surface area contributed by atoms with Gasteiger partial charge in [-0.3, -0.25) is 4.79 Å². The first-order valence-electron chi connectivity index (χ1n) is 5.52. The van der Waals surface area contributed by atoms with Crippen LogP contribution in [0.3, 0.4) is 0 Å². The highest BCUT2D eigenvalue weighted by Gasteiger charge is 2.50. The van der Waals surface area contributed by atoms with E-state index in [1.807, 2.05) is 6.08 Å². The second kappa shape index (κ2) is 2.46. The first-order valence-corrected chi connectivity index (χ1v) is 5.52. The van der Waals surface area contributed by atoms with Crippen molar-refractivity contribution in [2.75, 3.05) is 0 Å². The molecule has 70 valence electrons. The maximum absolute atomic E-state index is 11.3. The summed E-state index contributed by atoms with van der Waals surface area (Å²) in [6, 6.07) is 0. The summed E-state index contributed by atoms with van der Waals surface area (Å²) < 4.78 is 0. The minimum atomic E-state index is 0.370. The summed E-state index contributed by atoms with van der Waals surface area (Å²) in [7, 11) is 0. The van der Waals surface area contributed by atoms with Gasteiger partial charge in [-0.2, -0.15) is 0 Å². The van der Waals surface area contributed by atoms with Crippen molar-refractivity contribution in [3.63, 3.8) is 0 Å². The van der Waals surface area contributed by atoms with Crippen molar-refractivity contribution in [1.29, 1.82) is 0 Å². The normalized spacial score (nSPS) is 47.8. The van der Waals surface area contributed by atoms with E-state index in [1.165, 1.54) is 32.1 Å². The summed E-state index contributed by atoms with van der Waals surface area (Å²) in [5, 5.41) is 0. The largest absolute Gasteiger partial charge is 0.295 e. The molecule has 0 radical (unpaired) electrons. The Labute approximate surface area is 79.2 Å². The Morgan fingerprint density at radius 1 is 1.31 bits per heavy atom. The van der Waals surface area contributed by atoms with Gasteiger partial charge in [-0.1, -0.05) is 18.9 Å². The summed E-state index contributed by atoms with van der Waals surface area (Å²) in [6.07, 6.45) is 11.8. The monoisotopic (exact) mass is 176 g/mol. The molecule has 3 aliphatic rings. The summed E-state index contributed by atoms with van der Waals surface area (Å²) in [5.74, 6) is 1.97. The first-order chi connectivity index (χ1) is 6.30. The predicted octanol–water partition coefficient (Wildman–Crippen LogP) is 2.71. The van der Waals surface area contributed by atoms with E-state index in [9.17, 15) is 4.79 Å². The van der Waals surface area contributed by atoms with Gasteiger partial charge in [-0.05, 0) is 42.6 Å². The third kappa shape index (κ3) is 0.962. The number of allylic oxidation sites excluding steroid dienone is 2. The minimum absolute atomic E-state index is 0.370. The molecule has 1 heteroatoms. The summed E-state index contributed by atoms with van der Waals surface area (Å²) >= 11 is 0. The van der Waals surface area contributed by atoms with E-state index in [4.69, 9.17) is 0 Å². The molecule has 0 aromatic heterocycles. The Morgan fingerprint density at radius 3 is 3.15 bits per heavy atom. The second-order valence-corrected chi connectivity index (χ2v) is 5.03. The SMILES string of the molecule is O=C1C=CC23CCCC(CC2)C3C1. The molecular formula is C12H16O. The van der Waals surface area contributed by atoms with E-state index in [2.05, 4.69) is 6.08 Å². The molecule has 0 amide bonds. The van der Waals surface area contributed by atoms with Crippen molar-refractivity contribution in [1.82, 2.24) is 0 Å². The molecule has 2 bridgehead atoms. The lowest BCUT2D eigenvalue weighted by molar-refractivity contribution is -0.117. The van der Waals surface area contributed by atoms with E-state index in [0.29, 0.717) is 11.2 Å². The zero-order valence-electron chi connectivity index (χ0n) is 7.96. The van der Waals surface area contributed by atoms with Gasteiger partial charge in [-0.25, -0.2) is 0 Å². The van der Waals surface area contributed by atoms with Crippen LogP contribution in [0, 0.1) is 17.3 Å². The van der Waals surface area contributed by atoms with Crippen LogP contribution in [0.25, 0.3) is 0 Å². The molecule has 0 saturated heterocycles. The average Bonchev–Trinajstić information content (AvgIpc) is 2.37. The van der Waals surface area contributed by atoms with Crippen LogP contribution in [0.1, 0.15) is 38.5 Å². The molecule has 3 atom stereocenters. The molecule has 0 aromatic rings. The van der Waals surface area contributed by atoms with Gasteiger partial charge in [0.05, 0.1) is 0 Å². The Balaban J connectivity index is 2.02. The lowest BCUT2D eigenvalue weighted by Gasteiger charge is -2.41. The van der Waals surface area contributed by atoms with E-state index in [0.717, 1.165) is 18.3 Å². The lowest BCUT2D eigenvalue weighted by Crippen LogP contribution is -2.34. The van der Waals surface area contributed by atoms with Gasteiger partial charge in [0.25, 0.3) is 0 Å². The molecule has 0 N–H and O–H groups in total.